The Balaban J connectivity index is 2.42. The first kappa shape index (κ1) is 10.2. The monoisotopic (exact) mass is 221 g/mol. The number of rotatable bonds is 2. The van der Waals surface area contributed by atoms with Crippen LogP contribution < -0.4 is 0 Å². The van der Waals surface area contributed by atoms with Crippen LogP contribution in [0.15, 0.2) is 30.6 Å². The van der Waals surface area contributed by atoms with Crippen molar-refractivity contribution in [2.45, 2.75) is 19.8 Å². The molecule has 0 amide bonds. The average Bonchev–Trinajstić information content (AvgIpc) is 2.67. The van der Waals surface area contributed by atoms with Crippen LogP contribution in [0, 0.1) is 0 Å². The minimum absolute atomic E-state index is 0.411. The molecule has 3 nitrogen and oxygen atoms in total. The van der Waals surface area contributed by atoms with E-state index in [-0.39, 0.29) is 0 Å². The molecule has 2 rings (SSSR count). The second-order valence-corrected chi connectivity index (χ2v) is 4.06. The summed E-state index contributed by atoms with van der Waals surface area (Å²) in [6, 6.07) is 5.59. The highest BCUT2D eigenvalue weighted by Gasteiger charge is 2.07. The van der Waals surface area contributed by atoms with Gasteiger partial charge in [0, 0.05) is 12.4 Å². The molecule has 0 spiro atoms. The lowest BCUT2D eigenvalue weighted by molar-refractivity contribution is 0.758. The summed E-state index contributed by atoms with van der Waals surface area (Å²) in [5.74, 6) is 1.08. The van der Waals surface area contributed by atoms with Gasteiger partial charge in [0.2, 0.25) is 0 Å². The number of pyridine rings is 1. The molecular weight excluding hydrogens is 210 g/mol. The van der Waals surface area contributed by atoms with Crippen LogP contribution in [0.1, 0.15) is 25.5 Å². The summed E-state index contributed by atoms with van der Waals surface area (Å²) in [5, 5.41) is 5.02. The molecule has 0 aromatic carbocycles. The van der Waals surface area contributed by atoms with Gasteiger partial charge in [0.1, 0.15) is 0 Å². The van der Waals surface area contributed by atoms with Crippen LogP contribution in [-0.2, 0) is 0 Å². The van der Waals surface area contributed by atoms with Crippen LogP contribution in [0.3, 0.4) is 0 Å². The zero-order valence-electron chi connectivity index (χ0n) is 8.68. The van der Waals surface area contributed by atoms with Gasteiger partial charge < -0.3 is 0 Å². The average molecular weight is 222 g/mol. The van der Waals surface area contributed by atoms with E-state index < -0.39 is 0 Å². The second kappa shape index (κ2) is 4.03. The van der Waals surface area contributed by atoms with Gasteiger partial charge in [-0.3, -0.25) is 0 Å². The topological polar surface area (TPSA) is 30.7 Å². The second-order valence-electron chi connectivity index (χ2n) is 3.65. The maximum atomic E-state index is 6.02. The van der Waals surface area contributed by atoms with Crippen LogP contribution in [0.4, 0.5) is 0 Å². The maximum absolute atomic E-state index is 6.02. The Morgan fingerprint density at radius 1 is 1.33 bits per heavy atom. The lowest BCUT2D eigenvalue weighted by atomic mass is 10.1. The van der Waals surface area contributed by atoms with Crippen molar-refractivity contribution >= 4 is 11.6 Å². The van der Waals surface area contributed by atoms with Crippen molar-refractivity contribution in [1.82, 2.24) is 14.8 Å². The van der Waals surface area contributed by atoms with E-state index >= 15 is 0 Å². The number of hydrogen-bond acceptors (Lipinski definition) is 2. The number of halogens is 1. The molecule has 0 aliphatic heterocycles. The molecule has 0 aliphatic carbocycles. The SMILES string of the molecule is CC(C)c1ccn(-c2ncccc2Cl)n1. The molecule has 0 bridgehead atoms. The van der Waals surface area contributed by atoms with Crippen molar-refractivity contribution in [2.24, 2.45) is 0 Å². The molecule has 0 saturated carbocycles. The molecule has 4 heteroatoms. The van der Waals surface area contributed by atoms with E-state index in [4.69, 9.17) is 11.6 Å². The first-order valence-electron chi connectivity index (χ1n) is 4.85. The molecule has 15 heavy (non-hydrogen) atoms. The highest BCUT2D eigenvalue weighted by atomic mass is 35.5. The fourth-order valence-corrected chi connectivity index (χ4v) is 1.52. The van der Waals surface area contributed by atoms with E-state index in [1.165, 1.54) is 0 Å². The van der Waals surface area contributed by atoms with Crippen molar-refractivity contribution < 1.29 is 0 Å². The van der Waals surface area contributed by atoms with Gasteiger partial charge in [-0.15, -0.1) is 0 Å². The smallest absolute Gasteiger partial charge is 0.172 e. The van der Waals surface area contributed by atoms with Crippen LogP contribution in [0.2, 0.25) is 5.02 Å². The Kier molecular flexibility index (Phi) is 2.73. The van der Waals surface area contributed by atoms with Crippen molar-refractivity contribution in [3.05, 3.63) is 41.3 Å². The summed E-state index contributed by atoms with van der Waals surface area (Å²) < 4.78 is 1.71. The highest BCUT2D eigenvalue weighted by Crippen LogP contribution is 2.18. The molecule has 2 aromatic rings. The fourth-order valence-electron chi connectivity index (χ4n) is 1.31. The van der Waals surface area contributed by atoms with Crippen molar-refractivity contribution in [2.75, 3.05) is 0 Å². The van der Waals surface area contributed by atoms with E-state index in [0.29, 0.717) is 16.8 Å². The lowest BCUT2D eigenvalue weighted by Gasteiger charge is -2.02. The van der Waals surface area contributed by atoms with E-state index in [0.717, 1.165) is 5.69 Å². The van der Waals surface area contributed by atoms with Gasteiger partial charge in [-0.25, -0.2) is 9.67 Å². The molecule has 0 radical (unpaired) electrons. The third-order valence-electron chi connectivity index (χ3n) is 2.16. The molecule has 2 aromatic heterocycles. The lowest BCUT2D eigenvalue weighted by Crippen LogP contribution is -2.00. The van der Waals surface area contributed by atoms with Gasteiger partial charge in [0.15, 0.2) is 5.82 Å². The number of aromatic nitrogens is 3. The summed E-state index contributed by atoms with van der Waals surface area (Å²) in [6.07, 6.45) is 3.58. The summed E-state index contributed by atoms with van der Waals surface area (Å²) in [6.45, 7) is 4.21. The Labute approximate surface area is 93.7 Å². The van der Waals surface area contributed by atoms with Gasteiger partial charge in [-0.2, -0.15) is 5.10 Å². The third kappa shape index (κ3) is 2.02. The summed E-state index contributed by atoms with van der Waals surface area (Å²) in [5.41, 5.74) is 1.04. The van der Waals surface area contributed by atoms with E-state index in [2.05, 4.69) is 23.9 Å². The van der Waals surface area contributed by atoms with E-state index in [1.807, 2.05) is 12.3 Å². The van der Waals surface area contributed by atoms with Crippen LogP contribution in [0.5, 0.6) is 0 Å². The van der Waals surface area contributed by atoms with Gasteiger partial charge in [-0.1, -0.05) is 25.4 Å². The Bertz CT molecular complexity index is 462. The zero-order chi connectivity index (χ0) is 10.8. The van der Waals surface area contributed by atoms with Gasteiger partial charge in [0.25, 0.3) is 0 Å². The Morgan fingerprint density at radius 3 is 2.73 bits per heavy atom. The Hall–Kier alpha value is -1.35. The number of nitrogens with zero attached hydrogens (tertiary/aromatic N) is 3. The third-order valence-corrected chi connectivity index (χ3v) is 2.45. The molecule has 0 aliphatic rings. The molecule has 0 saturated heterocycles. The minimum atomic E-state index is 0.411. The first-order valence-corrected chi connectivity index (χ1v) is 5.22. The van der Waals surface area contributed by atoms with Gasteiger partial charge in [-0.05, 0) is 24.1 Å². The predicted molar refractivity (Wildman–Crippen MR) is 60.5 cm³/mol. The molecule has 0 N–H and O–H groups in total. The van der Waals surface area contributed by atoms with Crippen LogP contribution in [0.25, 0.3) is 5.82 Å². The van der Waals surface area contributed by atoms with E-state index in [1.54, 1.807) is 23.0 Å². The summed E-state index contributed by atoms with van der Waals surface area (Å²) >= 11 is 6.02. The van der Waals surface area contributed by atoms with Crippen molar-refractivity contribution in [3.8, 4) is 5.82 Å². The molecule has 0 atom stereocenters. The molecule has 0 unspecified atom stereocenters. The first-order chi connectivity index (χ1) is 7.18. The zero-order valence-corrected chi connectivity index (χ0v) is 9.44. The maximum Gasteiger partial charge on any atom is 0.172 e. The predicted octanol–water partition coefficient (Wildman–Crippen LogP) is 3.04. The van der Waals surface area contributed by atoms with Crippen LogP contribution >= 0.6 is 11.6 Å². The molecule has 0 fully saturated rings. The summed E-state index contributed by atoms with van der Waals surface area (Å²) in [4.78, 5) is 4.19. The normalized spacial score (nSPS) is 10.9. The Morgan fingerprint density at radius 2 is 2.13 bits per heavy atom. The largest absolute Gasteiger partial charge is 0.236 e. The van der Waals surface area contributed by atoms with Crippen molar-refractivity contribution in [3.63, 3.8) is 0 Å². The number of hydrogen-bond donors (Lipinski definition) is 0. The summed E-state index contributed by atoms with van der Waals surface area (Å²) in [7, 11) is 0. The highest BCUT2D eigenvalue weighted by molar-refractivity contribution is 6.32. The molecular formula is C11H12ClN3. The standard InChI is InChI=1S/C11H12ClN3/c1-8(2)10-5-7-15(14-10)11-9(12)4-3-6-13-11/h3-8H,1-2H3. The van der Waals surface area contributed by atoms with E-state index in [9.17, 15) is 0 Å². The van der Waals surface area contributed by atoms with Gasteiger partial charge >= 0.3 is 0 Å². The van der Waals surface area contributed by atoms with Crippen molar-refractivity contribution in [1.29, 1.82) is 0 Å². The molecule has 78 valence electrons. The minimum Gasteiger partial charge on any atom is -0.236 e. The van der Waals surface area contributed by atoms with Gasteiger partial charge in [0.05, 0.1) is 10.7 Å². The quantitative estimate of drug-likeness (QED) is 0.781. The fraction of sp³-hybridized carbons (Fsp3) is 0.273. The molecule has 2 heterocycles. The van der Waals surface area contributed by atoms with Crippen LogP contribution in [-0.4, -0.2) is 14.8 Å².